The van der Waals surface area contributed by atoms with Crippen LogP contribution in [0.1, 0.15) is 0 Å². The van der Waals surface area contributed by atoms with Crippen molar-refractivity contribution in [2.45, 2.75) is 6.36 Å². The van der Waals surface area contributed by atoms with Gasteiger partial charge in [-0.05, 0) is 35.4 Å². The Labute approximate surface area is 112 Å². The monoisotopic (exact) mass is 286 g/mol. The van der Waals surface area contributed by atoms with E-state index < -0.39 is 12.2 Å². The van der Waals surface area contributed by atoms with E-state index in [-0.39, 0.29) is 11.5 Å². The summed E-state index contributed by atoms with van der Waals surface area (Å²) in [7, 11) is 1.34. The zero-order valence-corrected chi connectivity index (χ0v) is 10.4. The van der Waals surface area contributed by atoms with Gasteiger partial charge in [0, 0.05) is 0 Å². The van der Waals surface area contributed by atoms with E-state index in [0.29, 0.717) is 11.1 Å². The molecule has 0 saturated carbocycles. The van der Waals surface area contributed by atoms with E-state index in [1.54, 1.807) is 0 Å². The van der Waals surface area contributed by atoms with Crippen LogP contribution in [0.4, 0.5) is 17.6 Å². The molecule has 20 heavy (non-hydrogen) atoms. The number of benzene rings is 2. The first-order valence-corrected chi connectivity index (χ1v) is 5.59. The topological polar surface area (TPSA) is 18.5 Å². The van der Waals surface area contributed by atoms with Gasteiger partial charge in [0.2, 0.25) is 0 Å². The fraction of sp³-hybridized carbons (Fsp3) is 0.143. The smallest absolute Gasteiger partial charge is 0.494 e. The number of methoxy groups -OCH3 is 1. The summed E-state index contributed by atoms with van der Waals surface area (Å²) in [5.41, 5.74) is 1.25. The number of halogens is 4. The van der Waals surface area contributed by atoms with Gasteiger partial charge < -0.3 is 9.47 Å². The molecular formula is C14H10F4O2. The van der Waals surface area contributed by atoms with E-state index in [2.05, 4.69) is 4.74 Å². The highest BCUT2D eigenvalue weighted by Gasteiger charge is 2.30. The molecule has 0 aromatic heterocycles. The number of hydrogen-bond donors (Lipinski definition) is 0. The predicted molar refractivity (Wildman–Crippen MR) is 65.1 cm³/mol. The van der Waals surface area contributed by atoms with Gasteiger partial charge in [-0.2, -0.15) is 0 Å². The Balaban J connectivity index is 2.26. The molecule has 0 aliphatic carbocycles. The van der Waals surface area contributed by atoms with Crippen molar-refractivity contribution in [1.29, 1.82) is 0 Å². The molecule has 106 valence electrons. The highest BCUT2D eigenvalue weighted by atomic mass is 19.4. The molecule has 2 aromatic carbocycles. The Kier molecular flexibility index (Phi) is 3.83. The first-order valence-electron chi connectivity index (χ1n) is 5.59. The Hall–Kier alpha value is -2.24. The molecule has 6 heteroatoms. The van der Waals surface area contributed by atoms with E-state index in [1.807, 2.05) is 0 Å². The number of rotatable bonds is 3. The largest absolute Gasteiger partial charge is 0.573 e. The van der Waals surface area contributed by atoms with Crippen molar-refractivity contribution in [2.24, 2.45) is 0 Å². The molecule has 0 aliphatic rings. The van der Waals surface area contributed by atoms with E-state index in [9.17, 15) is 17.6 Å². The summed E-state index contributed by atoms with van der Waals surface area (Å²) in [6.45, 7) is 0. The molecule has 0 bridgehead atoms. The summed E-state index contributed by atoms with van der Waals surface area (Å²) in [5, 5.41) is 0. The van der Waals surface area contributed by atoms with Gasteiger partial charge in [0.15, 0.2) is 11.6 Å². The lowest BCUT2D eigenvalue weighted by Gasteiger charge is -2.10. The molecule has 0 radical (unpaired) electrons. The molecule has 0 amide bonds. The molecule has 2 aromatic rings. The van der Waals surface area contributed by atoms with Crippen molar-refractivity contribution in [3.63, 3.8) is 0 Å². The van der Waals surface area contributed by atoms with Crippen LogP contribution in [0.25, 0.3) is 11.1 Å². The summed E-state index contributed by atoms with van der Waals surface area (Å²) >= 11 is 0. The van der Waals surface area contributed by atoms with Crippen molar-refractivity contribution in [3.05, 3.63) is 48.3 Å². The lowest BCUT2D eigenvalue weighted by atomic mass is 10.1. The minimum Gasteiger partial charge on any atom is -0.494 e. The highest BCUT2D eigenvalue weighted by Crippen LogP contribution is 2.29. The second-order valence-corrected chi connectivity index (χ2v) is 3.92. The summed E-state index contributed by atoms with van der Waals surface area (Å²) < 4.78 is 58.0. The standard InChI is InChI=1S/C14H10F4O2/c1-19-13-8-10(4-7-12(13)15)9-2-5-11(6-3-9)20-14(16,17)18/h2-8H,1H3. The molecule has 0 heterocycles. The summed E-state index contributed by atoms with van der Waals surface area (Å²) in [4.78, 5) is 0. The third-order valence-corrected chi connectivity index (χ3v) is 2.57. The summed E-state index contributed by atoms with van der Waals surface area (Å²) in [5.74, 6) is -0.748. The second-order valence-electron chi connectivity index (χ2n) is 3.92. The molecule has 0 fully saturated rings. The Morgan fingerprint density at radius 2 is 1.50 bits per heavy atom. The van der Waals surface area contributed by atoms with Crippen LogP contribution < -0.4 is 9.47 Å². The average molecular weight is 286 g/mol. The van der Waals surface area contributed by atoms with Crippen LogP contribution in [0.2, 0.25) is 0 Å². The lowest BCUT2D eigenvalue weighted by Crippen LogP contribution is -2.16. The summed E-state index contributed by atoms with van der Waals surface area (Å²) in [6, 6.07) is 9.50. The van der Waals surface area contributed by atoms with Crippen LogP contribution in [0, 0.1) is 5.82 Å². The Morgan fingerprint density at radius 1 is 0.900 bits per heavy atom. The van der Waals surface area contributed by atoms with Gasteiger partial charge in [-0.3, -0.25) is 0 Å². The molecule has 0 spiro atoms. The molecule has 2 nitrogen and oxygen atoms in total. The third kappa shape index (κ3) is 3.40. The summed E-state index contributed by atoms with van der Waals surface area (Å²) in [6.07, 6.45) is -4.72. The van der Waals surface area contributed by atoms with E-state index in [4.69, 9.17) is 4.74 Å². The van der Waals surface area contributed by atoms with E-state index >= 15 is 0 Å². The fourth-order valence-electron chi connectivity index (χ4n) is 1.69. The Morgan fingerprint density at radius 3 is 2.05 bits per heavy atom. The van der Waals surface area contributed by atoms with Gasteiger partial charge in [-0.15, -0.1) is 13.2 Å². The van der Waals surface area contributed by atoms with Crippen LogP contribution in [0.5, 0.6) is 11.5 Å². The fourth-order valence-corrected chi connectivity index (χ4v) is 1.69. The van der Waals surface area contributed by atoms with Crippen LogP contribution in [0.15, 0.2) is 42.5 Å². The zero-order chi connectivity index (χ0) is 14.8. The van der Waals surface area contributed by atoms with Crippen molar-refractivity contribution in [3.8, 4) is 22.6 Å². The molecule has 0 N–H and O–H groups in total. The normalized spacial score (nSPS) is 11.2. The average Bonchev–Trinajstić information content (AvgIpc) is 2.38. The van der Waals surface area contributed by atoms with Crippen LogP contribution in [-0.4, -0.2) is 13.5 Å². The number of alkyl halides is 3. The van der Waals surface area contributed by atoms with Crippen LogP contribution >= 0.6 is 0 Å². The van der Waals surface area contributed by atoms with Crippen molar-refractivity contribution < 1.29 is 27.0 Å². The predicted octanol–water partition coefficient (Wildman–Crippen LogP) is 4.40. The molecule has 0 saturated heterocycles. The maximum atomic E-state index is 13.3. The van der Waals surface area contributed by atoms with Crippen molar-refractivity contribution >= 4 is 0 Å². The lowest BCUT2D eigenvalue weighted by molar-refractivity contribution is -0.274. The van der Waals surface area contributed by atoms with Crippen molar-refractivity contribution in [1.82, 2.24) is 0 Å². The van der Waals surface area contributed by atoms with Crippen LogP contribution in [-0.2, 0) is 0 Å². The molecule has 2 rings (SSSR count). The van der Waals surface area contributed by atoms with Gasteiger partial charge in [0.25, 0.3) is 0 Å². The zero-order valence-electron chi connectivity index (χ0n) is 10.4. The maximum absolute atomic E-state index is 13.3. The first kappa shape index (κ1) is 14.2. The minimum atomic E-state index is -4.72. The second kappa shape index (κ2) is 5.40. The molecular weight excluding hydrogens is 276 g/mol. The minimum absolute atomic E-state index is 0.0677. The number of hydrogen-bond acceptors (Lipinski definition) is 2. The van der Waals surface area contributed by atoms with E-state index in [1.165, 1.54) is 49.6 Å². The Bertz CT molecular complexity index is 591. The van der Waals surface area contributed by atoms with Gasteiger partial charge in [-0.1, -0.05) is 18.2 Å². The van der Waals surface area contributed by atoms with Crippen molar-refractivity contribution in [2.75, 3.05) is 7.11 Å². The molecule has 0 unspecified atom stereocenters. The van der Waals surface area contributed by atoms with Gasteiger partial charge in [0.1, 0.15) is 5.75 Å². The van der Waals surface area contributed by atoms with Gasteiger partial charge >= 0.3 is 6.36 Å². The van der Waals surface area contributed by atoms with Gasteiger partial charge in [-0.25, -0.2) is 4.39 Å². The molecule has 0 aliphatic heterocycles. The highest BCUT2D eigenvalue weighted by molar-refractivity contribution is 5.65. The quantitative estimate of drug-likeness (QED) is 0.779. The first-order chi connectivity index (χ1) is 9.39. The SMILES string of the molecule is COc1cc(-c2ccc(OC(F)(F)F)cc2)ccc1F. The number of ether oxygens (including phenoxy) is 2. The third-order valence-electron chi connectivity index (χ3n) is 2.57. The maximum Gasteiger partial charge on any atom is 0.573 e. The van der Waals surface area contributed by atoms with Crippen LogP contribution in [0.3, 0.4) is 0 Å². The van der Waals surface area contributed by atoms with Gasteiger partial charge in [0.05, 0.1) is 7.11 Å². The van der Waals surface area contributed by atoms with E-state index in [0.717, 1.165) is 0 Å². The molecule has 0 atom stereocenters.